The van der Waals surface area contributed by atoms with Gasteiger partial charge in [0.1, 0.15) is 0 Å². The lowest BCUT2D eigenvalue weighted by atomic mass is 10.1. The third-order valence-electron chi connectivity index (χ3n) is 4.75. The minimum atomic E-state index is -0.327. The lowest BCUT2D eigenvalue weighted by Gasteiger charge is -2.17. The minimum absolute atomic E-state index is 0.119. The van der Waals surface area contributed by atoms with Crippen LogP contribution in [-0.4, -0.2) is 18.4 Å². The van der Waals surface area contributed by atoms with Crippen LogP contribution < -0.4 is 10.2 Å². The van der Waals surface area contributed by atoms with Gasteiger partial charge in [-0.25, -0.2) is 0 Å². The zero-order chi connectivity index (χ0) is 19.5. The van der Waals surface area contributed by atoms with Crippen LogP contribution in [0.25, 0.3) is 0 Å². The van der Waals surface area contributed by atoms with Gasteiger partial charge in [0, 0.05) is 29.0 Å². The molecule has 2 amide bonds. The third-order valence-corrected chi connectivity index (χ3v) is 4.75. The van der Waals surface area contributed by atoms with Crippen LogP contribution in [0.1, 0.15) is 31.8 Å². The van der Waals surface area contributed by atoms with E-state index in [1.54, 1.807) is 53.4 Å². The summed E-state index contributed by atoms with van der Waals surface area (Å²) < 4.78 is 0. The predicted octanol–water partition coefficient (Wildman–Crippen LogP) is 4.01. The first kappa shape index (κ1) is 17.5. The first-order chi connectivity index (χ1) is 13.7. The average Bonchev–Trinajstić information content (AvgIpc) is 3.17. The van der Waals surface area contributed by atoms with E-state index in [2.05, 4.69) is 5.32 Å². The van der Waals surface area contributed by atoms with Gasteiger partial charge in [0.15, 0.2) is 0 Å². The Balaban J connectivity index is 1.55. The summed E-state index contributed by atoms with van der Waals surface area (Å²) in [6.45, 7) is 0.634. The molecule has 4 rings (SSSR count). The van der Waals surface area contributed by atoms with Crippen LogP contribution in [0, 0.1) is 11.3 Å². The molecule has 1 N–H and O–H groups in total. The van der Waals surface area contributed by atoms with Crippen molar-refractivity contribution in [3.63, 3.8) is 0 Å². The van der Waals surface area contributed by atoms with Crippen LogP contribution in [0.3, 0.4) is 0 Å². The van der Waals surface area contributed by atoms with Gasteiger partial charge in [0.25, 0.3) is 11.8 Å². The van der Waals surface area contributed by atoms with E-state index in [4.69, 9.17) is 5.26 Å². The fourth-order valence-electron chi connectivity index (χ4n) is 3.37. The van der Waals surface area contributed by atoms with Gasteiger partial charge in [-0.3, -0.25) is 9.59 Å². The second-order valence-corrected chi connectivity index (χ2v) is 6.56. The standard InChI is InChI=1S/C23H17N3O2/c24-15-16-5-3-9-20(13-16)25-22(27)18-7-4-8-19(14-18)23(28)26-12-11-17-6-1-2-10-21(17)26/h1-10,13-14H,11-12H2,(H,25,27). The van der Waals surface area contributed by atoms with Gasteiger partial charge >= 0.3 is 0 Å². The van der Waals surface area contributed by atoms with Crippen molar-refractivity contribution in [3.8, 4) is 6.07 Å². The van der Waals surface area contributed by atoms with Gasteiger partial charge < -0.3 is 10.2 Å². The SMILES string of the molecule is N#Cc1cccc(NC(=O)c2cccc(C(=O)N3CCc4ccccc43)c2)c1. The Morgan fingerprint density at radius 3 is 2.57 bits per heavy atom. The Labute approximate surface area is 162 Å². The molecular weight excluding hydrogens is 350 g/mol. The molecule has 1 aliphatic heterocycles. The maximum Gasteiger partial charge on any atom is 0.258 e. The van der Waals surface area contributed by atoms with Crippen LogP contribution in [0.5, 0.6) is 0 Å². The summed E-state index contributed by atoms with van der Waals surface area (Å²) in [5, 5.41) is 11.7. The molecule has 28 heavy (non-hydrogen) atoms. The number of carbonyl (C=O) groups excluding carboxylic acids is 2. The van der Waals surface area contributed by atoms with Gasteiger partial charge in [-0.15, -0.1) is 0 Å². The summed E-state index contributed by atoms with van der Waals surface area (Å²) in [6.07, 6.45) is 0.831. The minimum Gasteiger partial charge on any atom is -0.322 e. The molecule has 0 saturated carbocycles. The van der Waals surface area contributed by atoms with Gasteiger partial charge in [-0.1, -0.05) is 30.3 Å². The summed E-state index contributed by atoms with van der Waals surface area (Å²) in [7, 11) is 0. The van der Waals surface area contributed by atoms with Crippen LogP contribution in [-0.2, 0) is 6.42 Å². The van der Waals surface area contributed by atoms with Gasteiger partial charge in [-0.05, 0) is 54.4 Å². The fraction of sp³-hybridized carbons (Fsp3) is 0.0870. The highest BCUT2D eigenvalue weighted by Crippen LogP contribution is 2.29. The van der Waals surface area contributed by atoms with Crippen molar-refractivity contribution in [1.29, 1.82) is 5.26 Å². The lowest BCUT2D eigenvalue weighted by Crippen LogP contribution is -2.29. The highest BCUT2D eigenvalue weighted by molar-refractivity contribution is 6.10. The smallest absolute Gasteiger partial charge is 0.258 e. The van der Waals surface area contributed by atoms with Gasteiger partial charge in [0.2, 0.25) is 0 Å². The van der Waals surface area contributed by atoms with E-state index in [1.807, 2.05) is 30.3 Å². The highest BCUT2D eigenvalue weighted by Gasteiger charge is 2.25. The second-order valence-electron chi connectivity index (χ2n) is 6.56. The Bertz CT molecular complexity index is 1110. The first-order valence-electron chi connectivity index (χ1n) is 8.97. The van der Waals surface area contributed by atoms with Crippen molar-refractivity contribution < 1.29 is 9.59 Å². The number of carbonyl (C=O) groups is 2. The van der Waals surface area contributed by atoms with Gasteiger partial charge in [-0.2, -0.15) is 5.26 Å². The topological polar surface area (TPSA) is 73.2 Å². The molecule has 0 aliphatic carbocycles. The Morgan fingerprint density at radius 1 is 0.929 bits per heavy atom. The molecule has 0 bridgehead atoms. The van der Waals surface area contributed by atoms with E-state index < -0.39 is 0 Å². The van der Waals surface area contributed by atoms with Crippen molar-refractivity contribution >= 4 is 23.2 Å². The quantitative estimate of drug-likeness (QED) is 0.760. The second kappa shape index (κ2) is 7.37. The summed E-state index contributed by atoms with van der Waals surface area (Å²) >= 11 is 0. The van der Waals surface area contributed by atoms with Crippen molar-refractivity contribution in [2.45, 2.75) is 6.42 Å². The van der Waals surface area contributed by atoms with E-state index in [1.165, 1.54) is 0 Å². The van der Waals surface area contributed by atoms with E-state index in [-0.39, 0.29) is 11.8 Å². The van der Waals surface area contributed by atoms with E-state index in [0.717, 1.165) is 17.7 Å². The Kier molecular flexibility index (Phi) is 4.61. The van der Waals surface area contributed by atoms with Gasteiger partial charge in [0.05, 0.1) is 11.6 Å². The summed E-state index contributed by atoms with van der Waals surface area (Å²) in [6, 6.07) is 23.3. The molecule has 136 valence electrons. The number of hydrogen-bond acceptors (Lipinski definition) is 3. The number of nitrogens with zero attached hydrogens (tertiary/aromatic N) is 2. The van der Waals surface area contributed by atoms with Crippen LogP contribution >= 0.6 is 0 Å². The molecule has 0 unspecified atom stereocenters. The zero-order valence-electron chi connectivity index (χ0n) is 15.1. The van der Waals surface area contributed by atoms with Crippen LogP contribution in [0.15, 0.2) is 72.8 Å². The van der Waals surface area contributed by atoms with E-state index >= 15 is 0 Å². The van der Waals surface area contributed by atoms with Crippen molar-refractivity contribution in [3.05, 3.63) is 95.1 Å². The molecule has 5 heteroatoms. The Morgan fingerprint density at radius 2 is 1.71 bits per heavy atom. The van der Waals surface area contributed by atoms with Crippen LogP contribution in [0.4, 0.5) is 11.4 Å². The number of nitrogens with one attached hydrogen (secondary N) is 1. The molecule has 0 spiro atoms. The number of anilines is 2. The number of para-hydroxylation sites is 1. The molecule has 1 aliphatic rings. The molecule has 0 atom stereocenters. The molecule has 0 radical (unpaired) electrons. The molecule has 1 heterocycles. The summed E-state index contributed by atoms with van der Waals surface area (Å²) in [4.78, 5) is 27.3. The molecule has 3 aromatic carbocycles. The number of amides is 2. The average molecular weight is 367 g/mol. The highest BCUT2D eigenvalue weighted by atomic mass is 16.2. The maximum absolute atomic E-state index is 13.0. The molecule has 0 fully saturated rings. The van der Waals surface area contributed by atoms with Crippen molar-refractivity contribution in [1.82, 2.24) is 0 Å². The third kappa shape index (κ3) is 3.36. The van der Waals surface area contributed by atoms with Crippen molar-refractivity contribution in [2.24, 2.45) is 0 Å². The monoisotopic (exact) mass is 367 g/mol. The first-order valence-corrected chi connectivity index (χ1v) is 8.97. The largest absolute Gasteiger partial charge is 0.322 e. The number of fused-ring (bicyclic) bond motifs is 1. The maximum atomic E-state index is 13.0. The fourth-order valence-corrected chi connectivity index (χ4v) is 3.37. The Hall–Kier alpha value is -3.91. The van der Waals surface area contributed by atoms with Crippen LogP contribution in [0.2, 0.25) is 0 Å². The molecule has 0 saturated heterocycles. The number of rotatable bonds is 3. The van der Waals surface area contributed by atoms with Crippen molar-refractivity contribution in [2.75, 3.05) is 16.8 Å². The number of benzene rings is 3. The zero-order valence-corrected chi connectivity index (χ0v) is 15.1. The molecular formula is C23H17N3O2. The summed E-state index contributed by atoms with van der Waals surface area (Å²) in [5.74, 6) is -0.447. The number of hydrogen-bond donors (Lipinski definition) is 1. The predicted molar refractivity (Wildman–Crippen MR) is 107 cm³/mol. The lowest BCUT2D eigenvalue weighted by molar-refractivity contribution is 0.0989. The van der Waals surface area contributed by atoms with E-state index in [9.17, 15) is 9.59 Å². The van der Waals surface area contributed by atoms with E-state index in [0.29, 0.717) is 28.9 Å². The number of nitriles is 1. The summed E-state index contributed by atoms with van der Waals surface area (Å²) in [5.41, 5.74) is 3.94. The molecule has 0 aromatic heterocycles. The molecule has 3 aromatic rings. The molecule has 5 nitrogen and oxygen atoms in total. The normalized spacial score (nSPS) is 12.2.